The molecule has 3 N–H and O–H groups in total. The molecule has 26 heavy (non-hydrogen) atoms. The van der Waals surface area contributed by atoms with Gasteiger partial charge in [0.1, 0.15) is 5.82 Å². The standard InChI is InChI=1S/C13H16N8.C5H10/c1-2-17-19-11(1)18-13-16-9-10(12-15-5-8-21(12)13)20-6-3-14-4-7-20;1-2-4-5-3-1/h1-2,5,8-9,14H,3-4,6-7H2,(H2,16,17,18,19);1-5H2. The lowest BCUT2D eigenvalue weighted by molar-refractivity contribution is 0.589. The van der Waals surface area contributed by atoms with Crippen molar-refractivity contribution < 1.29 is 0 Å². The molecule has 0 aromatic carbocycles. The number of hydrogen-bond donors (Lipinski definition) is 3. The maximum absolute atomic E-state index is 4.53. The van der Waals surface area contributed by atoms with Gasteiger partial charge in [0, 0.05) is 44.6 Å². The minimum absolute atomic E-state index is 0.714. The fourth-order valence-electron chi connectivity index (χ4n) is 3.46. The highest BCUT2D eigenvalue weighted by molar-refractivity contribution is 5.71. The SMILES string of the molecule is C1CCCC1.c1cc(Nc2ncc(N3CCNCC3)c3nccn23)[nH]n1. The summed E-state index contributed by atoms with van der Waals surface area (Å²) in [7, 11) is 0. The molecule has 0 unspecified atom stereocenters. The van der Waals surface area contributed by atoms with E-state index in [1.54, 1.807) is 12.4 Å². The van der Waals surface area contributed by atoms with E-state index in [1.165, 1.54) is 32.1 Å². The maximum Gasteiger partial charge on any atom is 0.214 e. The highest BCUT2D eigenvalue weighted by atomic mass is 15.3. The Morgan fingerprint density at radius 1 is 0.962 bits per heavy atom. The predicted molar refractivity (Wildman–Crippen MR) is 103 cm³/mol. The fraction of sp³-hybridized carbons (Fsp3) is 0.500. The number of hydrogen-bond acceptors (Lipinski definition) is 6. The molecule has 8 nitrogen and oxygen atoms in total. The van der Waals surface area contributed by atoms with E-state index in [2.05, 4.69) is 35.7 Å². The molecule has 138 valence electrons. The Morgan fingerprint density at radius 3 is 2.42 bits per heavy atom. The second-order valence-electron chi connectivity index (χ2n) is 6.69. The third-order valence-corrected chi connectivity index (χ3v) is 4.86. The van der Waals surface area contributed by atoms with Crippen LogP contribution < -0.4 is 15.5 Å². The van der Waals surface area contributed by atoms with Gasteiger partial charge >= 0.3 is 0 Å². The minimum Gasteiger partial charge on any atom is -0.365 e. The Hall–Kier alpha value is -2.61. The largest absolute Gasteiger partial charge is 0.365 e. The molecule has 1 aliphatic carbocycles. The first kappa shape index (κ1) is 16.8. The molecule has 0 spiro atoms. The summed E-state index contributed by atoms with van der Waals surface area (Å²) < 4.78 is 1.96. The van der Waals surface area contributed by atoms with E-state index in [4.69, 9.17) is 0 Å². The van der Waals surface area contributed by atoms with Crippen molar-refractivity contribution in [1.29, 1.82) is 0 Å². The number of aromatic nitrogens is 5. The van der Waals surface area contributed by atoms with Crippen LogP contribution in [0.15, 0.2) is 30.9 Å². The minimum atomic E-state index is 0.714. The molecule has 1 aliphatic heterocycles. The Kier molecular flexibility index (Phi) is 5.30. The van der Waals surface area contributed by atoms with Gasteiger partial charge in [-0.2, -0.15) is 5.10 Å². The highest BCUT2D eigenvalue weighted by Crippen LogP contribution is 2.23. The van der Waals surface area contributed by atoms with E-state index < -0.39 is 0 Å². The molecule has 0 amide bonds. The van der Waals surface area contributed by atoms with Gasteiger partial charge in [0.15, 0.2) is 5.65 Å². The van der Waals surface area contributed by atoms with Crippen LogP contribution in [0.5, 0.6) is 0 Å². The predicted octanol–water partition coefficient (Wildman–Crippen LogP) is 2.56. The van der Waals surface area contributed by atoms with Gasteiger partial charge in [-0.3, -0.25) is 9.50 Å². The van der Waals surface area contributed by atoms with Crippen LogP contribution in [0.25, 0.3) is 5.65 Å². The van der Waals surface area contributed by atoms with Crippen LogP contribution in [0.2, 0.25) is 0 Å². The number of imidazole rings is 1. The molecule has 4 heterocycles. The summed E-state index contributed by atoms with van der Waals surface area (Å²) in [5, 5.41) is 13.3. The third kappa shape index (κ3) is 3.80. The Labute approximate surface area is 153 Å². The average Bonchev–Trinajstić information content (AvgIpc) is 3.45. The number of H-pyrrole nitrogens is 1. The molecule has 8 heteroatoms. The van der Waals surface area contributed by atoms with Crippen molar-refractivity contribution in [3.05, 3.63) is 30.9 Å². The van der Waals surface area contributed by atoms with E-state index in [1.807, 2.05) is 22.9 Å². The van der Waals surface area contributed by atoms with E-state index >= 15 is 0 Å². The summed E-state index contributed by atoms with van der Waals surface area (Å²) in [5.41, 5.74) is 1.98. The second-order valence-corrected chi connectivity index (χ2v) is 6.69. The van der Waals surface area contributed by atoms with E-state index in [0.29, 0.717) is 5.95 Å². The average molecular weight is 354 g/mol. The number of aromatic amines is 1. The number of nitrogens with one attached hydrogen (secondary N) is 3. The van der Waals surface area contributed by atoms with Crippen molar-refractivity contribution in [2.75, 3.05) is 36.4 Å². The number of fused-ring (bicyclic) bond motifs is 1. The quantitative estimate of drug-likeness (QED) is 0.670. The van der Waals surface area contributed by atoms with Crippen LogP contribution >= 0.6 is 0 Å². The highest BCUT2D eigenvalue weighted by Gasteiger charge is 2.16. The number of piperazine rings is 1. The number of nitrogens with zero attached hydrogens (tertiary/aromatic N) is 5. The van der Waals surface area contributed by atoms with Crippen LogP contribution in [0, 0.1) is 0 Å². The maximum atomic E-state index is 4.53. The zero-order chi connectivity index (χ0) is 17.6. The molecule has 1 saturated heterocycles. The molecular weight excluding hydrogens is 328 g/mol. The third-order valence-electron chi connectivity index (χ3n) is 4.86. The fourth-order valence-corrected chi connectivity index (χ4v) is 3.46. The van der Waals surface area contributed by atoms with E-state index in [9.17, 15) is 0 Å². The van der Waals surface area contributed by atoms with Crippen LogP contribution in [0.4, 0.5) is 17.5 Å². The lowest BCUT2D eigenvalue weighted by atomic mass is 10.3. The summed E-state index contributed by atoms with van der Waals surface area (Å²) in [6, 6.07) is 1.86. The van der Waals surface area contributed by atoms with E-state index in [-0.39, 0.29) is 0 Å². The van der Waals surface area contributed by atoms with Crippen molar-refractivity contribution in [3.63, 3.8) is 0 Å². The van der Waals surface area contributed by atoms with Crippen LogP contribution in [-0.4, -0.2) is 50.7 Å². The van der Waals surface area contributed by atoms with Gasteiger partial charge in [-0.25, -0.2) is 9.97 Å². The molecule has 2 aliphatic rings. The molecule has 0 bridgehead atoms. The van der Waals surface area contributed by atoms with E-state index in [0.717, 1.165) is 43.3 Å². The summed E-state index contributed by atoms with van der Waals surface area (Å²) in [6.45, 7) is 3.91. The zero-order valence-electron chi connectivity index (χ0n) is 15.0. The molecule has 2 fully saturated rings. The molecule has 3 aromatic rings. The van der Waals surface area contributed by atoms with Crippen molar-refractivity contribution >= 4 is 23.1 Å². The summed E-state index contributed by atoms with van der Waals surface area (Å²) >= 11 is 0. The van der Waals surface area contributed by atoms with Gasteiger partial charge in [0.2, 0.25) is 5.95 Å². The lowest BCUT2D eigenvalue weighted by Crippen LogP contribution is -2.43. The van der Waals surface area contributed by atoms with Crippen molar-refractivity contribution in [2.24, 2.45) is 0 Å². The Morgan fingerprint density at radius 2 is 1.73 bits per heavy atom. The first-order valence-electron chi connectivity index (χ1n) is 9.46. The van der Waals surface area contributed by atoms with Crippen molar-refractivity contribution in [1.82, 2.24) is 29.9 Å². The molecule has 0 atom stereocenters. The van der Waals surface area contributed by atoms with Crippen molar-refractivity contribution in [3.8, 4) is 0 Å². The molecule has 1 saturated carbocycles. The van der Waals surface area contributed by atoms with Gasteiger partial charge < -0.3 is 15.5 Å². The van der Waals surface area contributed by atoms with Crippen LogP contribution in [0.3, 0.4) is 0 Å². The monoisotopic (exact) mass is 354 g/mol. The molecule has 5 rings (SSSR count). The Balaban J connectivity index is 0.000000292. The normalized spacial score (nSPS) is 17.2. The summed E-state index contributed by atoms with van der Waals surface area (Å²) in [5.74, 6) is 1.51. The molecule has 3 aromatic heterocycles. The lowest BCUT2D eigenvalue weighted by Gasteiger charge is -2.29. The van der Waals surface area contributed by atoms with Gasteiger partial charge in [-0.15, -0.1) is 0 Å². The zero-order valence-corrected chi connectivity index (χ0v) is 15.0. The van der Waals surface area contributed by atoms with Crippen LogP contribution in [-0.2, 0) is 0 Å². The Bertz CT molecular complexity index is 792. The van der Waals surface area contributed by atoms with Gasteiger partial charge in [0.25, 0.3) is 0 Å². The van der Waals surface area contributed by atoms with Gasteiger partial charge in [0.05, 0.1) is 18.1 Å². The smallest absolute Gasteiger partial charge is 0.214 e. The first-order chi connectivity index (χ1) is 12.9. The second kappa shape index (κ2) is 8.18. The van der Waals surface area contributed by atoms with Gasteiger partial charge in [-0.1, -0.05) is 32.1 Å². The van der Waals surface area contributed by atoms with Crippen LogP contribution in [0.1, 0.15) is 32.1 Å². The topological polar surface area (TPSA) is 86.2 Å². The van der Waals surface area contributed by atoms with Crippen molar-refractivity contribution in [2.45, 2.75) is 32.1 Å². The first-order valence-corrected chi connectivity index (χ1v) is 9.46. The summed E-state index contributed by atoms with van der Waals surface area (Å²) in [4.78, 5) is 11.3. The number of rotatable bonds is 3. The number of anilines is 3. The molecule has 0 radical (unpaired) electrons. The summed E-state index contributed by atoms with van der Waals surface area (Å²) in [6.07, 6.45) is 14.8. The molecular formula is C18H26N8. The van der Waals surface area contributed by atoms with Gasteiger partial charge in [-0.05, 0) is 0 Å².